The fraction of sp³-hybridized carbons (Fsp3) is 0.588. The van der Waals surface area contributed by atoms with Crippen molar-refractivity contribution in [2.24, 2.45) is 11.8 Å². The van der Waals surface area contributed by atoms with Crippen molar-refractivity contribution in [1.82, 2.24) is 9.97 Å². The number of nitrogens with zero attached hydrogens (tertiary/aromatic N) is 2. The van der Waals surface area contributed by atoms with Crippen LogP contribution in [0.1, 0.15) is 47.8 Å². The SMILES string of the molecule is CCOC(=O)c1sc2ncnc(NC(C3CC3)C3CC3)c2c1C. The molecule has 2 fully saturated rings. The van der Waals surface area contributed by atoms with Gasteiger partial charge in [-0.1, -0.05) is 0 Å². The lowest BCUT2D eigenvalue weighted by Gasteiger charge is -2.18. The van der Waals surface area contributed by atoms with E-state index in [0.717, 1.165) is 33.4 Å². The van der Waals surface area contributed by atoms with Gasteiger partial charge in [-0.15, -0.1) is 11.3 Å². The molecule has 2 aliphatic carbocycles. The van der Waals surface area contributed by atoms with E-state index in [1.54, 1.807) is 6.33 Å². The first-order chi connectivity index (χ1) is 11.2. The summed E-state index contributed by atoms with van der Waals surface area (Å²) in [6.45, 7) is 4.17. The Labute approximate surface area is 139 Å². The molecular weight excluding hydrogens is 310 g/mol. The molecule has 0 unspecified atom stereocenters. The zero-order valence-electron chi connectivity index (χ0n) is 13.5. The highest BCUT2D eigenvalue weighted by Gasteiger charge is 2.41. The lowest BCUT2D eigenvalue weighted by molar-refractivity contribution is 0.0531. The molecule has 2 aromatic heterocycles. The van der Waals surface area contributed by atoms with Crippen LogP contribution in [-0.4, -0.2) is 28.6 Å². The molecule has 0 saturated heterocycles. The third-order valence-electron chi connectivity index (χ3n) is 4.75. The van der Waals surface area contributed by atoms with Gasteiger partial charge < -0.3 is 10.1 Å². The zero-order valence-corrected chi connectivity index (χ0v) is 14.3. The number of fused-ring (bicyclic) bond motifs is 1. The quantitative estimate of drug-likeness (QED) is 0.816. The summed E-state index contributed by atoms with van der Waals surface area (Å²) in [5.74, 6) is 2.19. The van der Waals surface area contributed by atoms with Crippen LogP contribution in [-0.2, 0) is 4.74 Å². The smallest absolute Gasteiger partial charge is 0.348 e. The average molecular weight is 331 g/mol. The fourth-order valence-electron chi connectivity index (χ4n) is 3.26. The fourth-order valence-corrected chi connectivity index (χ4v) is 4.30. The Morgan fingerprint density at radius 1 is 1.35 bits per heavy atom. The molecule has 0 amide bonds. The summed E-state index contributed by atoms with van der Waals surface area (Å²) < 4.78 is 5.16. The van der Waals surface area contributed by atoms with Crippen molar-refractivity contribution in [3.05, 3.63) is 16.8 Å². The van der Waals surface area contributed by atoms with Crippen LogP contribution in [0, 0.1) is 18.8 Å². The van der Waals surface area contributed by atoms with Gasteiger partial charge in [0.2, 0.25) is 0 Å². The maximum absolute atomic E-state index is 12.1. The van der Waals surface area contributed by atoms with E-state index < -0.39 is 0 Å². The first-order valence-corrected chi connectivity index (χ1v) is 9.18. The number of aryl methyl sites for hydroxylation is 1. The molecule has 2 heterocycles. The molecule has 122 valence electrons. The highest BCUT2D eigenvalue weighted by atomic mass is 32.1. The van der Waals surface area contributed by atoms with E-state index in [9.17, 15) is 4.79 Å². The highest BCUT2D eigenvalue weighted by molar-refractivity contribution is 7.20. The summed E-state index contributed by atoms with van der Waals surface area (Å²) in [6.07, 6.45) is 6.86. The first-order valence-electron chi connectivity index (χ1n) is 8.36. The second-order valence-electron chi connectivity index (χ2n) is 6.52. The largest absolute Gasteiger partial charge is 0.462 e. The van der Waals surface area contributed by atoms with Crippen LogP contribution < -0.4 is 5.32 Å². The Morgan fingerprint density at radius 3 is 2.65 bits per heavy atom. The number of aromatic nitrogens is 2. The predicted octanol–water partition coefficient (Wildman–Crippen LogP) is 3.78. The van der Waals surface area contributed by atoms with Crippen LogP contribution in [0.4, 0.5) is 5.82 Å². The van der Waals surface area contributed by atoms with E-state index in [2.05, 4.69) is 15.3 Å². The molecule has 4 rings (SSSR count). The van der Waals surface area contributed by atoms with Gasteiger partial charge in [-0.25, -0.2) is 14.8 Å². The van der Waals surface area contributed by atoms with E-state index >= 15 is 0 Å². The van der Waals surface area contributed by atoms with Crippen molar-refractivity contribution in [1.29, 1.82) is 0 Å². The van der Waals surface area contributed by atoms with Gasteiger partial charge in [-0.2, -0.15) is 0 Å². The normalized spacial score (nSPS) is 17.7. The Morgan fingerprint density at radius 2 is 2.04 bits per heavy atom. The van der Waals surface area contributed by atoms with Crippen molar-refractivity contribution in [3.8, 4) is 0 Å². The average Bonchev–Trinajstić information content (AvgIpc) is 3.44. The number of rotatable bonds is 6. The summed E-state index contributed by atoms with van der Waals surface area (Å²) in [4.78, 5) is 22.5. The van der Waals surface area contributed by atoms with E-state index in [1.807, 2.05) is 13.8 Å². The monoisotopic (exact) mass is 331 g/mol. The number of carbonyl (C=O) groups excluding carboxylic acids is 1. The van der Waals surface area contributed by atoms with Crippen molar-refractivity contribution < 1.29 is 9.53 Å². The topological polar surface area (TPSA) is 64.1 Å². The molecule has 0 aliphatic heterocycles. The van der Waals surface area contributed by atoms with Crippen molar-refractivity contribution >= 4 is 33.3 Å². The highest BCUT2D eigenvalue weighted by Crippen LogP contribution is 2.46. The maximum Gasteiger partial charge on any atom is 0.348 e. The number of nitrogens with one attached hydrogen (secondary N) is 1. The first kappa shape index (κ1) is 14.9. The number of hydrogen-bond acceptors (Lipinski definition) is 6. The second kappa shape index (κ2) is 5.74. The van der Waals surface area contributed by atoms with E-state index in [-0.39, 0.29) is 5.97 Å². The van der Waals surface area contributed by atoms with Gasteiger partial charge in [0.05, 0.1) is 12.0 Å². The van der Waals surface area contributed by atoms with E-state index in [0.29, 0.717) is 17.5 Å². The Bertz CT molecular complexity index is 738. The zero-order chi connectivity index (χ0) is 16.0. The molecule has 5 nitrogen and oxygen atoms in total. The van der Waals surface area contributed by atoms with Crippen molar-refractivity contribution in [2.75, 3.05) is 11.9 Å². The van der Waals surface area contributed by atoms with Crippen LogP contribution in [0.3, 0.4) is 0 Å². The van der Waals surface area contributed by atoms with Crippen molar-refractivity contribution in [3.63, 3.8) is 0 Å². The molecule has 0 atom stereocenters. The minimum Gasteiger partial charge on any atom is -0.462 e. The van der Waals surface area contributed by atoms with Crippen LogP contribution in [0.2, 0.25) is 0 Å². The lowest BCUT2D eigenvalue weighted by atomic mass is 10.1. The van der Waals surface area contributed by atoms with Gasteiger partial charge in [0.1, 0.15) is 21.9 Å². The molecule has 1 N–H and O–H groups in total. The van der Waals surface area contributed by atoms with Crippen LogP contribution in [0.5, 0.6) is 0 Å². The third-order valence-corrected chi connectivity index (χ3v) is 5.93. The Balaban J connectivity index is 1.70. The molecule has 2 aromatic rings. The maximum atomic E-state index is 12.1. The Hall–Kier alpha value is -1.69. The van der Waals surface area contributed by atoms with Gasteiger partial charge in [0, 0.05) is 6.04 Å². The van der Waals surface area contributed by atoms with Gasteiger partial charge in [0.25, 0.3) is 0 Å². The summed E-state index contributed by atoms with van der Waals surface area (Å²) in [7, 11) is 0. The summed E-state index contributed by atoms with van der Waals surface area (Å²) in [5, 5.41) is 4.65. The van der Waals surface area contributed by atoms with Crippen molar-refractivity contribution in [2.45, 2.75) is 45.6 Å². The van der Waals surface area contributed by atoms with E-state index in [4.69, 9.17) is 4.74 Å². The number of carbonyl (C=O) groups is 1. The molecule has 23 heavy (non-hydrogen) atoms. The number of thiophene rings is 1. The molecule has 0 spiro atoms. The molecule has 0 radical (unpaired) electrons. The molecular formula is C17H21N3O2S. The van der Waals surface area contributed by atoms with Crippen LogP contribution in [0.15, 0.2) is 6.33 Å². The number of anilines is 1. The number of esters is 1. The minimum absolute atomic E-state index is 0.264. The minimum atomic E-state index is -0.264. The predicted molar refractivity (Wildman–Crippen MR) is 91.0 cm³/mol. The standard InChI is InChI=1S/C17H21N3O2S/c1-3-22-17(21)14-9(2)12-15(18-8-19-16(12)23-14)20-13(10-4-5-10)11-6-7-11/h8,10-11,13H,3-7H2,1-2H3,(H,18,19,20). The lowest BCUT2D eigenvalue weighted by Crippen LogP contribution is -2.25. The number of hydrogen-bond donors (Lipinski definition) is 1. The third kappa shape index (κ3) is 2.80. The summed E-state index contributed by atoms with van der Waals surface area (Å²) >= 11 is 1.40. The molecule has 6 heteroatoms. The van der Waals surface area contributed by atoms with Crippen LogP contribution >= 0.6 is 11.3 Å². The summed E-state index contributed by atoms with van der Waals surface area (Å²) in [5.41, 5.74) is 0.928. The molecule has 2 aliphatic rings. The summed E-state index contributed by atoms with van der Waals surface area (Å²) in [6, 6.07) is 0.526. The van der Waals surface area contributed by atoms with Gasteiger partial charge >= 0.3 is 5.97 Å². The van der Waals surface area contributed by atoms with Crippen LogP contribution in [0.25, 0.3) is 10.2 Å². The molecule has 0 aromatic carbocycles. The van der Waals surface area contributed by atoms with Gasteiger partial charge in [-0.05, 0) is 56.9 Å². The second-order valence-corrected chi connectivity index (χ2v) is 7.52. The molecule has 2 saturated carbocycles. The van der Waals surface area contributed by atoms with Gasteiger partial charge in [0.15, 0.2) is 0 Å². The molecule has 0 bridgehead atoms. The van der Waals surface area contributed by atoms with E-state index in [1.165, 1.54) is 37.0 Å². The number of ether oxygens (including phenoxy) is 1. The van der Waals surface area contributed by atoms with Gasteiger partial charge in [-0.3, -0.25) is 0 Å². The Kier molecular flexibility index (Phi) is 3.71.